The predicted molar refractivity (Wildman–Crippen MR) is 78.6 cm³/mol. The van der Waals surface area contributed by atoms with Crippen LogP contribution in [0.3, 0.4) is 0 Å². The minimum atomic E-state index is -0.468. The van der Waals surface area contributed by atoms with Crippen LogP contribution in [-0.4, -0.2) is 20.2 Å². The van der Waals surface area contributed by atoms with Crippen LogP contribution in [0.1, 0.15) is 10.4 Å². The normalized spacial score (nSPS) is 9.95. The molecule has 104 valence electrons. The fourth-order valence-corrected chi connectivity index (χ4v) is 2.09. The van der Waals surface area contributed by atoms with Crippen LogP contribution in [0.2, 0.25) is 0 Å². The van der Waals surface area contributed by atoms with Crippen LogP contribution < -0.4 is 14.2 Å². The van der Waals surface area contributed by atoms with Gasteiger partial charge >= 0.3 is 5.97 Å². The molecule has 0 bridgehead atoms. The number of halogens is 1. The quantitative estimate of drug-likeness (QED) is 0.631. The number of esters is 1. The minimum Gasteiger partial charge on any atom is -0.493 e. The van der Waals surface area contributed by atoms with Crippen molar-refractivity contribution >= 4 is 21.9 Å². The molecule has 0 fully saturated rings. The second-order valence-electron chi connectivity index (χ2n) is 3.89. The molecule has 0 saturated heterocycles. The Kier molecular flexibility index (Phi) is 4.63. The number of hydrogen-bond acceptors (Lipinski definition) is 4. The third kappa shape index (κ3) is 3.11. The maximum atomic E-state index is 12.1. The SMILES string of the molecule is COc1cc(Br)cc(OC)c1OC(=O)c1ccccc1. The average molecular weight is 337 g/mol. The average Bonchev–Trinajstić information content (AvgIpc) is 2.49. The smallest absolute Gasteiger partial charge is 0.343 e. The van der Waals surface area contributed by atoms with Crippen molar-refractivity contribution in [1.82, 2.24) is 0 Å². The number of carbonyl (C=O) groups is 1. The molecule has 2 aromatic rings. The lowest BCUT2D eigenvalue weighted by molar-refractivity contribution is 0.0724. The van der Waals surface area contributed by atoms with Gasteiger partial charge in [0.15, 0.2) is 11.5 Å². The molecule has 5 heteroatoms. The molecule has 4 nitrogen and oxygen atoms in total. The lowest BCUT2D eigenvalue weighted by atomic mass is 10.2. The Morgan fingerprint density at radius 1 is 1.00 bits per heavy atom. The second-order valence-corrected chi connectivity index (χ2v) is 4.81. The summed E-state index contributed by atoms with van der Waals surface area (Å²) in [5.41, 5.74) is 0.458. The first kappa shape index (κ1) is 14.4. The molecule has 20 heavy (non-hydrogen) atoms. The summed E-state index contributed by atoms with van der Waals surface area (Å²) in [5, 5.41) is 0. The molecule has 0 unspecified atom stereocenters. The van der Waals surface area contributed by atoms with E-state index in [1.54, 1.807) is 36.4 Å². The zero-order chi connectivity index (χ0) is 14.5. The molecule has 0 aliphatic rings. The van der Waals surface area contributed by atoms with Gasteiger partial charge in [-0.15, -0.1) is 0 Å². The third-order valence-corrected chi connectivity index (χ3v) is 3.09. The molecule has 2 aromatic carbocycles. The van der Waals surface area contributed by atoms with Crippen molar-refractivity contribution in [3.8, 4) is 17.2 Å². The summed E-state index contributed by atoms with van der Waals surface area (Å²) in [6.07, 6.45) is 0. The van der Waals surface area contributed by atoms with Crippen molar-refractivity contribution in [3.63, 3.8) is 0 Å². The molecule has 0 radical (unpaired) electrons. The lowest BCUT2D eigenvalue weighted by Crippen LogP contribution is -2.10. The van der Waals surface area contributed by atoms with Gasteiger partial charge in [-0.3, -0.25) is 0 Å². The highest BCUT2D eigenvalue weighted by Gasteiger charge is 2.18. The van der Waals surface area contributed by atoms with Crippen LogP contribution in [0, 0.1) is 0 Å². The number of ether oxygens (including phenoxy) is 3. The fraction of sp³-hybridized carbons (Fsp3) is 0.133. The van der Waals surface area contributed by atoms with Gasteiger partial charge < -0.3 is 14.2 Å². The third-order valence-electron chi connectivity index (χ3n) is 2.63. The molecule has 0 saturated carbocycles. The first-order chi connectivity index (χ1) is 9.65. The zero-order valence-corrected chi connectivity index (χ0v) is 12.6. The lowest BCUT2D eigenvalue weighted by Gasteiger charge is -2.13. The van der Waals surface area contributed by atoms with E-state index in [2.05, 4.69) is 15.9 Å². The topological polar surface area (TPSA) is 44.8 Å². The maximum absolute atomic E-state index is 12.1. The molecule has 0 atom stereocenters. The van der Waals surface area contributed by atoms with E-state index in [0.29, 0.717) is 17.1 Å². The van der Waals surface area contributed by atoms with Crippen LogP contribution >= 0.6 is 15.9 Å². The van der Waals surface area contributed by atoms with Crippen molar-refractivity contribution < 1.29 is 19.0 Å². The molecule has 0 aliphatic heterocycles. The molecule has 0 heterocycles. The van der Waals surface area contributed by atoms with Crippen LogP contribution in [0.25, 0.3) is 0 Å². The summed E-state index contributed by atoms with van der Waals surface area (Å²) >= 11 is 3.34. The second kappa shape index (κ2) is 6.43. The Morgan fingerprint density at radius 2 is 1.55 bits per heavy atom. The first-order valence-corrected chi connectivity index (χ1v) is 6.63. The van der Waals surface area contributed by atoms with Crippen molar-refractivity contribution in [2.45, 2.75) is 0 Å². The number of rotatable bonds is 4. The highest BCUT2D eigenvalue weighted by molar-refractivity contribution is 9.10. The van der Waals surface area contributed by atoms with Gasteiger partial charge in [0, 0.05) is 4.47 Å². The first-order valence-electron chi connectivity index (χ1n) is 5.84. The maximum Gasteiger partial charge on any atom is 0.343 e. The van der Waals surface area contributed by atoms with E-state index in [1.807, 2.05) is 6.07 Å². The van der Waals surface area contributed by atoms with Gasteiger partial charge in [-0.25, -0.2) is 4.79 Å². The summed E-state index contributed by atoms with van der Waals surface area (Å²) in [6, 6.07) is 12.1. The predicted octanol–water partition coefficient (Wildman–Crippen LogP) is 3.69. The van der Waals surface area contributed by atoms with E-state index >= 15 is 0 Å². The van der Waals surface area contributed by atoms with Crippen LogP contribution in [0.4, 0.5) is 0 Å². The summed E-state index contributed by atoms with van der Waals surface area (Å²) < 4.78 is 16.6. The van der Waals surface area contributed by atoms with Crippen LogP contribution in [0.15, 0.2) is 46.9 Å². The number of carbonyl (C=O) groups excluding carboxylic acids is 1. The Labute approximate surface area is 125 Å². The Balaban J connectivity index is 2.35. The van der Waals surface area contributed by atoms with Crippen LogP contribution in [-0.2, 0) is 0 Å². The van der Waals surface area contributed by atoms with E-state index in [9.17, 15) is 4.79 Å². The van der Waals surface area contributed by atoms with Crippen molar-refractivity contribution in [3.05, 3.63) is 52.5 Å². The van der Waals surface area contributed by atoms with E-state index in [-0.39, 0.29) is 5.75 Å². The van der Waals surface area contributed by atoms with Gasteiger partial charge in [-0.1, -0.05) is 34.1 Å². The number of methoxy groups -OCH3 is 2. The van der Waals surface area contributed by atoms with Crippen molar-refractivity contribution in [2.75, 3.05) is 14.2 Å². The Morgan fingerprint density at radius 3 is 2.05 bits per heavy atom. The molecular formula is C15H13BrO4. The molecule has 0 aromatic heterocycles. The summed E-state index contributed by atoms with van der Waals surface area (Å²) in [5.74, 6) is 0.623. The Hall–Kier alpha value is -2.01. The van der Waals surface area contributed by atoms with Gasteiger partial charge in [0.05, 0.1) is 19.8 Å². The molecule has 0 N–H and O–H groups in total. The van der Waals surface area contributed by atoms with Gasteiger partial charge in [-0.2, -0.15) is 0 Å². The van der Waals surface area contributed by atoms with Crippen molar-refractivity contribution in [2.24, 2.45) is 0 Å². The van der Waals surface area contributed by atoms with Crippen molar-refractivity contribution in [1.29, 1.82) is 0 Å². The molecule has 2 rings (SSSR count). The van der Waals surface area contributed by atoms with Gasteiger partial charge in [0.2, 0.25) is 5.75 Å². The minimum absolute atomic E-state index is 0.257. The summed E-state index contributed by atoms with van der Waals surface area (Å²) in [6.45, 7) is 0. The highest BCUT2D eigenvalue weighted by atomic mass is 79.9. The largest absolute Gasteiger partial charge is 0.493 e. The summed E-state index contributed by atoms with van der Waals surface area (Å²) in [7, 11) is 3.00. The fourth-order valence-electron chi connectivity index (χ4n) is 1.67. The van der Waals surface area contributed by atoms with E-state index < -0.39 is 5.97 Å². The molecule has 0 spiro atoms. The van der Waals surface area contributed by atoms with E-state index in [1.165, 1.54) is 14.2 Å². The van der Waals surface area contributed by atoms with Gasteiger partial charge in [0.1, 0.15) is 0 Å². The number of benzene rings is 2. The monoisotopic (exact) mass is 336 g/mol. The van der Waals surface area contributed by atoms with Crippen LogP contribution in [0.5, 0.6) is 17.2 Å². The van der Waals surface area contributed by atoms with Gasteiger partial charge in [-0.05, 0) is 24.3 Å². The standard InChI is InChI=1S/C15H13BrO4/c1-18-12-8-11(16)9-13(19-2)14(12)20-15(17)10-6-4-3-5-7-10/h3-9H,1-2H3. The molecule has 0 amide bonds. The van der Waals surface area contributed by atoms with E-state index in [0.717, 1.165) is 4.47 Å². The summed E-state index contributed by atoms with van der Waals surface area (Å²) in [4.78, 5) is 12.1. The zero-order valence-electron chi connectivity index (χ0n) is 11.1. The number of hydrogen-bond donors (Lipinski definition) is 0. The van der Waals surface area contributed by atoms with Gasteiger partial charge in [0.25, 0.3) is 0 Å². The molecular weight excluding hydrogens is 324 g/mol. The molecule has 0 aliphatic carbocycles. The van der Waals surface area contributed by atoms with E-state index in [4.69, 9.17) is 14.2 Å². The Bertz CT molecular complexity index is 586. The highest BCUT2D eigenvalue weighted by Crippen LogP contribution is 2.40.